The van der Waals surface area contributed by atoms with Gasteiger partial charge in [-0.15, -0.1) is 11.8 Å². The van der Waals surface area contributed by atoms with Gasteiger partial charge in [0.2, 0.25) is 0 Å². The summed E-state index contributed by atoms with van der Waals surface area (Å²) in [4.78, 5) is 5.19. The molecule has 0 radical (unpaired) electrons. The summed E-state index contributed by atoms with van der Waals surface area (Å²) in [6.07, 6.45) is 1.67. The molecule has 2 nitrogen and oxygen atoms in total. The lowest BCUT2D eigenvalue weighted by molar-refractivity contribution is 0.639. The molecule has 3 aromatic rings. The lowest BCUT2D eigenvalue weighted by Gasteiger charge is -2.08. The van der Waals surface area contributed by atoms with Crippen LogP contribution >= 0.6 is 23.4 Å². The monoisotopic (exact) mass is 318 g/mol. The zero-order valence-electron chi connectivity index (χ0n) is 11.0. The number of halogens is 2. The van der Waals surface area contributed by atoms with Gasteiger partial charge < -0.3 is 5.73 Å². The molecule has 0 saturated heterocycles. The Morgan fingerprint density at radius 2 is 2.05 bits per heavy atom. The SMILES string of the molecule is Nc1ccc(Cl)c(SCc2ccc(F)c3cccnc23)c1. The molecule has 0 aliphatic carbocycles. The number of thioether (sulfide) groups is 1. The number of anilines is 1. The van der Waals surface area contributed by atoms with Gasteiger partial charge in [-0.3, -0.25) is 4.98 Å². The molecular weight excluding hydrogens is 307 g/mol. The zero-order valence-corrected chi connectivity index (χ0v) is 12.6. The van der Waals surface area contributed by atoms with Gasteiger partial charge in [0.05, 0.1) is 10.5 Å². The molecule has 21 heavy (non-hydrogen) atoms. The van der Waals surface area contributed by atoms with Crippen LogP contribution < -0.4 is 5.73 Å². The lowest BCUT2D eigenvalue weighted by Crippen LogP contribution is -1.91. The number of hydrogen-bond donors (Lipinski definition) is 1. The first kappa shape index (κ1) is 14.2. The first-order valence-corrected chi connectivity index (χ1v) is 7.71. The second-order valence-electron chi connectivity index (χ2n) is 4.58. The van der Waals surface area contributed by atoms with E-state index in [0.29, 0.717) is 27.4 Å². The van der Waals surface area contributed by atoms with Crippen molar-refractivity contribution in [2.45, 2.75) is 10.6 Å². The molecule has 0 atom stereocenters. The average Bonchev–Trinajstić information content (AvgIpc) is 2.50. The topological polar surface area (TPSA) is 38.9 Å². The number of nitrogens with zero attached hydrogens (tertiary/aromatic N) is 1. The fourth-order valence-electron chi connectivity index (χ4n) is 2.10. The van der Waals surface area contributed by atoms with Crippen molar-refractivity contribution in [1.29, 1.82) is 0 Å². The van der Waals surface area contributed by atoms with Gasteiger partial charge in [0.1, 0.15) is 5.82 Å². The molecule has 0 aliphatic heterocycles. The van der Waals surface area contributed by atoms with Gasteiger partial charge in [-0.25, -0.2) is 4.39 Å². The molecule has 0 spiro atoms. The van der Waals surface area contributed by atoms with E-state index >= 15 is 0 Å². The van der Waals surface area contributed by atoms with E-state index in [2.05, 4.69) is 4.98 Å². The van der Waals surface area contributed by atoms with Crippen molar-refractivity contribution < 1.29 is 4.39 Å². The molecule has 0 amide bonds. The number of rotatable bonds is 3. The summed E-state index contributed by atoms with van der Waals surface area (Å²) in [5.41, 5.74) is 8.10. The molecular formula is C16H12ClFN2S. The van der Waals surface area contributed by atoms with Gasteiger partial charge in [-0.2, -0.15) is 0 Å². The van der Waals surface area contributed by atoms with Crippen molar-refractivity contribution in [2.75, 3.05) is 5.73 Å². The van der Waals surface area contributed by atoms with Crippen LogP contribution in [0, 0.1) is 5.82 Å². The number of nitrogen functional groups attached to an aromatic ring is 1. The predicted octanol–water partition coefficient (Wildman–Crippen LogP) is 4.90. The Labute approximate surface area is 131 Å². The molecule has 0 aliphatic rings. The molecule has 2 N–H and O–H groups in total. The molecule has 1 heterocycles. The number of fused-ring (bicyclic) bond motifs is 1. The van der Waals surface area contributed by atoms with Crippen LogP contribution in [-0.4, -0.2) is 4.98 Å². The Balaban J connectivity index is 1.92. The summed E-state index contributed by atoms with van der Waals surface area (Å²) < 4.78 is 13.8. The van der Waals surface area contributed by atoms with E-state index in [4.69, 9.17) is 17.3 Å². The van der Waals surface area contributed by atoms with E-state index in [1.54, 1.807) is 48.3 Å². The summed E-state index contributed by atoms with van der Waals surface area (Å²) in [7, 11) is 0. The summed E-state index contributed by atoms with van der Waals surface area (Å²) >= 11 is 7.71. The maximum absolute atomic E-state index is 13.8. The molecule has 3 rings (SSSR count). The maximum Gasteiger partial charge on any atom is 0.132 e. The Morgan fingerprint density at radius 1 is 1.19 bits per heavy atom. The molecule has 2 aromatic carbocycles. The van der Waals surface area contributed by atoms with Crippen molar-refractivity contribution in [3.63, 3.8) is 0 Å². The minimum absolute atomic E-state index is 0.256. The normalized spacial score (nSPS) is 11.0. The van der Waals surface area contributed by atoms with Crippen LogP contribution in [0.1, 0.15) is 5.56 Å². The maximum atomic E-state index is 13.8. The largest absolute Gasteiger partial charge is 0.399 e. The number of aromatic nitrogens is 1. The lowest BCUT2D eigenvalue weighted by atomic mass is 10.1. The van der Waals surface area contributed by atoms with Crippen LogP contribution in [0.5, 0.6) is 0 Å². The van der Waals surface area contributed by atoms with Gasteiger partial charge in [0, 0.05) is 27.9 Å². The van der Waals surface area contributed by atoms with Crippen molar-refractivity contribution in [3.05, 3.63) is 65.1 Å². The van der Waals surface area contributed by atoms with Crippen LogP contribution in [0.3, 0.4) is 0 Å². The van der Waals surface area contributed by atoms with Crippen LogP contribution in [0.4, 0.5) is 10.1 Å². The van der Waals surface area contributed by atoms with Gasteiger partial charge in [-0.05, 0) is 42.0 Å². The highest BCUT2D eigenvalue weighted by atomic mass is 35.5. The number of hydrogen-bond acceptors (Lipinski definition) is 3. The van der Waals surface area contributed by atoms with Crippen LogP contribution in [-0.2, 0) is 5.75 Å². The Kier molecular flexibility index (Phi) is 3.99. The summed E-state index contributed by atoms with van der Waals surface area (Å²) in [6.45, 7) is 0. The number of benzene rings is 2. The van der Waals surface area contributed by atoms with E-state index in [9.17, 15) is 4.39 Å². The minimum Gasteiger partial charge on any atom is -0.399 e. The third kappa shape index (κ3) is 2.96. The summed E-state index contributed by atoms with van der Waals surface area (Å²) in [5, 5.41) is 1.20. The molecule has 0 fully saturated rings. The first-order chi connectivity index (χ1) is 10.1. The van der Waals surface area contributed by atoms with Crippen molar-refractivity contribution in [2.24, 2.45) is 0 Å². The van der Waals surface area contributed by atoms with E-state index in [1.165, 1.54) is 6.07 Å². The molecule has 106 valence electrons. The zero-order chi connectivity index (χ0) is 14.8. The van der Waals surface area contributed by atoms with E-state index < -0.39 is 0 Å². The highest BCUT2D eigenvalue weighted by molar-refractivity contribution is 7.98. The van der Waals surface area contributed by atoms with Gasteiger partial charge >= 0.3 is 0 Å². The predicted molar refractivity (Wildman–Crippen MR) is 87.1 cm³/mol. The molecule has 0 unspecified atom stereocenters. The fourth-order valence-corrected chi connectivity index (χ4v) is 3.35. The smallest absolute Gasteiger partial charge is 0.132 e. The molecule has 0 bridgehead atoms. The van der Waals surface area contributed by atoms with Crippen molar-refractivity contribution >= 4 is 40.0 Å². The van der Waals surface area contributed by atoms with E-state index in [0.717, 1.165) is 10.5 Å². The summed E-state index contributed by atoms with van der Waals surface area (Å²) in [5.74, 6) is 0.394. The standard InChI is InChI=1S/C16H12ClFN2S/c17-13-5-4-11(19)8-15(13)21-9-10-3-6-14(18)12-2-1-7-20-16(10)12/h1-8H,9,19H2. The van der Waals surface area contributed by atoms with Gasteiger partial charge in [-0.1, -0.05) is 17.7 Å². The molecule has 0 saturated carbocycles. The number of pyridine rings is 1. The second-order valence-corrected chi connectivity index (χ2v) is 6.01. The molecule has 1 aromatic heterocycles. The van der Waals surface area contributed by atoms with Crippen LogP contribution in [0.15, 0.2) is 53.6 Å². The quantitative estimate of drug-likeness (QED) is 0.551. The van der Waals surface area contributed by atoms with Gasteiger partial charge in [0.15, 0.2) is 0 Å². The second kappa shape index (κ2) is 5.92. The van der Waals surface area contributed by atoms with Crippen LogP contribution in [0.2, 0.25) is 5.02 Å². The van der Waals surface area contributed by atoms with Crippen molar-refractivity contribution in [1.82, 2.24) is 4.98 Å². The number of nitrogens with two attached hydrogens (primary N) is 1. The Hall–Kier alpha value is -1.78. The fraction of sp³-hybridized carbons (Fsp3) is 0.0625. The van der Waals surface area contributed by atoms with E-state index in [1.807, 2.05) is 6.07 Å². The summed E-state index contributed by atoms with van der Waals surface area (Å²) in [6, 6.07) is 12.1. The highest BCUT2D eigenvalue weighted by Gasteiger charge is 2.08. The first-order valence-electron chi connectivity index (χ1n) is 6.35. The highest BCUT2D eigenvalue weighted by Crippen LogP contribution is 2.33. The van der Waals surface area contributed by atoms with E-state index in [-0.39, 0.29) is 5.82 Å². The average molecular weight is 319 g/mol. The van der Waals surface area contributed by atoms with Crippen molar-refractivity contribution in [3.8, 4) is 0 Å². The third-order valence-electron chi connectivity index (χ3n) is 3.14. The minimum atomic E-state index is -0.256. The van der Waals surface area contributed by atoms with Crippen LogP contribution in [0.25, 0.3) is 10.9 Å². The Bertz CT molecular complexity index is 807. The van der Waals surface area contributed by atoms with Gasteiger partial charge in [0.25, 0.3) is 0 Å². The third-order valence-corrected chi connectivity index (χ3v) is 4.68. The molecule has 5 heteroatoms. The Morgan fingerprint density at radius 3 is 2.90 bits per heavy atom.